The van der Waals surface area contributed by atoms with Gasteiger partial charge in [-0.15, -0.1) is 0 Å². The summed E-state index contributed by atoms with van der Waals surface area (Å²) in [5.41, 5.74) is 0.561. The molecular weight excluding hydrogens is 360 g/mol. The first-order valence-corrected chi connectivity index (χ1v) is 8.66. The predicted molar refractivity (Wildman–Crippen MR) is 94.6 cm³/mol. The lowest BCUT2D eigenvalue weighted by atomic mass is 10.2. The summed E-state index contributed by atoms with van der Waals surface area (Å²) in [6.45, 7) is -0.000513. The smallest absolute Gasteiger partial charge is 0.327 e. The van der Waals surface area contributed by atoms with Gasteiger partial charge in [0.25, 0.3) is 5.91 Å². The van der Waals surface area contributed by atoms with Crippen LogP contribution in [0.25, 0.3) is 0 Å². The topological polar surface area (TPSA) is 90.0 Å². The maximum Gasteiger partial charge on any atom is 0.327 e. The summed E-state index contributed by atoms with van der Waals surface area (Å²) in [5, 5.41) is 3.20. The zero-order valence-electron chi connectivity index (χ0n) is 14.3. The average molecular weight is 379 g/mol. The number of urea groups is 1. The van der Waals surface area contributed by atoms with Crippen molar-refractivity contribution in [1.29, 1.82) is 0 Å². The van der Waals surface area contributed by atoms with Crippen molar-refractivity contribution >= 4 is 41.0 Å². The highest BCUT2D eigenvalue weighted by Crippen LogP contribution is 2.27. The maximum absolute atomic E-state index is 12.3. The van der Waals surface area contributed by atoms with Gasteiger partial charge in [-0.1, -0.05) is 11.6 Å². The van der Waals surface area contributed by atoms with Gasteiger partial charge in [-0.3, -0.25) is 19.3 Å². The fraction of sp³-hybridized carbons (Fsp3) is 0.412. The van der Waals surface area contributed by atoms with E-state index in [1.807, 2.05) is 0 Å². The van der Waals surface area contributed by atoms with Crippen molar-refractivity contribution in [1.82, 2.24) is 14.7 Å². The first kappa shape index (κ1) is 18.2. The van der Waals surface area contributed by atoms with E-state index in [0.717, 1.165) is 11.3 Å². The molecular formula is C17H19ClN4O4. The average Bonchev–Trinajstić information content (AvgIpc) is 3.16. The van der Waals surface area contributed by atoms with Gasteiger partial charge in [0, 0.05) is 24.3 Å². The van der Waals surface area contributed by atoms with E-state index in [2.05, 4.69) is 5.32 Å². The van der Waals surface area contributed by atoms with Gasteiger partial charge in [-0.2, -0.15) is 0 Å². The minimum atomic E-state index is -0.473. The van der Waals surface area contributed by atoms with Gasteiger partial charge in [-0.25, -0.2) is 4.79 Å². The summed E-state index contributed by atoms with van der Waals surface area (Å²) in [6.07, 6.45) is 1.43. The molecule has 1 aromatic rings. The number of rotatable bonds is 5. The third kappa shape index (κ3) is 3.65. The number of nitrogens with one attached hydrogen (secondary N) is 1. The van der Waals surface area contributed by atoms with Crippen LogP contribution in [-0.4, -0.2) is 71.2 Å². The van der Waals surface area contributed by atoms with Crippen LogP contribution < -0.4 is 5.32 Å². The Morgan fingerprint density at radius 1 is 1.27 bits per heavy atom. The number of fused-ring (bicyclic) bond motifs is 1. The Kier molecular flexibility index (Phi) is 5.13. The fourth-order valence-corrected chi connectivity index (χ4v) is 3.25. The number of likely N-dealkylation sites (N-methyl/N-ethyl adjacent to an activating group) is 1. The van der Waals surface area contributed by atoms with Crippen molar-refractivity contribution in [3.63, 3.8) is 0 Å². The Labute approximate surface area is 155 Å². The molecule has 0 radical (unpaired) electrons. The molecule has 26 heavy (non-hydrogen) atoms. The van der Waals surface area contributed by atoms with Gasteiger partial charge in [0.1, 0.15) is 12.6 Å². The molecule has 138 valence electrons. The molecule has 8 nitrogen and oxygen atoms in total. The van der Waals surface area contributed by atoms with Crippen molar-refractivity contribution in [2.75, 3.05) is 32.0 Å². The second-order valence-corrected chi connectivity index (χ2v) is 6.80. The molecule has 1 atom stereocenters. The van der Waals surface area contributed by atoms with Gasteiger partial charge in [0.15, 0.2) is 0 Å². The number of carbonyl (C=O) groups is 4. The number of imide groups is 1. The lowest BCUT2D eigenvalue weighted by molar-refractivity contribution is -0.137. The molecule has 9 heteroatoms. The summed E-state index contributed by atoms with van der Waals surface area (Å²) in [7, 11) is 1.45. The largest absolute Gasteiger partial charge is 0.335 e. The summed E-state index contributed by atoms with van der Waals surface area (Å²) in [4.78, 5) is 52.5. The zero-order valence-corrected chi connectivity index (χ0v) is 15.0. The van der Waals surface area contributed by atoms with Crippen molar-refractivity contribution < 1.29 is 19.2 Å². The van der Waals surface area contributed by atoms with Gasteiger partial charge >= 0.3 is 6.03 Å². The van der Waals surface area contributed by atoms with E-state index in [0.29, 0.717) is 23.7 Å². The number of anilines is 1. The van der Waals surface area contributed by atoms with Crippen LogP contribution in [0.15, 0.2) is 24.3 Å². The van der Waals surface area contributed by atoms with Gasteiger partial charge in [0.05, 0.1) is 6.54 Å². The van der Waals surface area contributed by atoms with Crippen LogP contribution in [0.5, 0.6) is 0 Å². The number of amides is 5. The van der Waals surface area contributed by atoms with E-state index >= 15 is 0 Å². The van der Waals surface area contributed by atoms with Gasteiger partial charge in [0.2, 0.25) is 11.8 Å². The lowest BCUT2D eigenvalue weighted by Crippen LogP contribution is -2.44. The molecule has 0 saturated carbocycles. The molecule has 2 aliphatic rings. The van der Waals surface area contributed by atoms with Crippen LogP contribution in [0.1, 0.15) is 12.8 Å². The Hall–Kier alpha value is -2.61. The zero-order chi connectivity index (χ0) is 18.8. The van der Waals surface area contributed by atoms with E-state index in [4.69, 9.17) is 11.6 Å². The number of carbonyl (C=O) groups excluding carboxylic acids is 4. The lowest BCUT2D eigenvalue weighted by Gasteiger charge is -2.20. The highest BCUT2D eigenvalue weighted by atomic mass is 35.5. The molecule has 5 amide bonds. The fourth-order valence-electron chi connectivity index (χ4n) is 3.12. The molecule has 1 aromatic carbocycles. The second-order valence-electron chi connectivity index (χ2n) is 6.36. The van der Waals surface area contributed by atoms with Crippen molar-refractivity contribution in [2.45, 2.75) is 18.9 Å². The Bertz CT molecular complexity index is 730. The number of halogens is 1. The standard InChI is InChI=1S/C17H19ClN4O4/c1-20(9-14(23)19-12-6-4-11(18)5-7-12)15(24)10-22-16(25)13-3-2-8-21(13)17(22)26/h4-7,13H,2-3,8-10H2,1H3,(H,19,23). The van der Waals surface area contributed by atoms with Gasteiger partial charge in [-0.05, 0) is 37.1 Å². The molecule has 1 unspecified atom stereocenters. The molecule has 0 spiro atoms. The SMILES string of the molecule is CN(CC(=O)Nc1ccc(Cl)cc1)C(=O)CN1C(=O)C2CCCN2C1=O. The van der Waals surface area contributed by atoms with Crippen molar-refractivity contribution in [3.8, 4) is 0 Å². The first-order valence-electron chi connectivity index (χ1n) is 8.28. The van der Waals surface area contributed by atoms with E-state index < -0.39 is 18.0 Å². The van der Waals surface area contributed by atoms with Crippen LogP contribution >= 0.6 is 11.6 Å². The van der Waals surface area contributed by atoms with Gasteiger partial charge < -0.3 is 15.1 Å². The van der Waals surface area contributed by atoms with Crippen LogP contribution in [0, 0.1) is 0 Å². The molecule has 2 fully saturated rings. The van der Waals surface area contributed by atoms with Crippen molar-refractivity contribution in [2.24, 2.45) is 0 Å². The molecule has 2 aliphatic heterocycles. The van der Waals surface area contributed by atoms with Crippen LogP contribution in [0.4, 0.5) is 10.5 Å². The van der Waals surface area contributed by atoms with Crippen LogP contribution in [-0.2, 0) is 14.4 Å². The normalized spacial score (nSPS) is 18.9. The third-order valence-electron chi connectivity index (χ3n) is 4.51. The Morgan fingerprint density at radius 3 is 2.62 bits per heavy atom. The summed E-state index contributed by atoms with van der Waals surface area (Å²) >= 11 is 5.79. The number of hydrogen-bond donors (Lipinski definition) is 1. The highest BCUT2D eigenvalue weighted by Gasteiger charge is 2.47. The third-order valence-corrected chi connectivity index (χ3v) is 4.76. The Morgan fingerprint density at radius 2 is 1.96 bits per heavy atom. The summed E-state index contributed by atoms with van der Waals surface area (Å²) in [6, 6.07) is 5.72. The van der Waals surface area contributed by atoms with Crippen LogP contribution in [0.3, 0.4) is 0 Å². The molecule has 0 aromatic heterocycles. The molecule has 0 aliphatic carbocycles. The summed E-state index contributed by atoms with van der Waals surface area (Å²) < 4.78 is 0. The van der Waals surface area contributed by atoms with E-state index in [-0.39, 0.29) is 24.9 Å². The molecule has 0 bridgehead atoms. The second kappa shape index (κ2) is 7.33. The molecule has 1 N–H and O–H groups in total. The maximum atomic E-state index is 12.3. The minimum Gasteiger partial charge on any atom is -0.335 e. The summed E-state index contributed by atoms with van der Waals surface area (Å²) in [5.74, 6) is -1.19. The number of benzene rings is 1. The monoisotopic (exact) mass is 378 g/mol. The molecule has 3 rings (SSSR count). The van der Waals surface area contributed by atoms with Crippen molar-refractivity contribution in [3.05, 3.63) is 29.3 Å². The van der Waals surface area contributed by atoms with E-state index in [9.17, 15) is 19.2 Å². The van der Waals surface area contributed by atoms with E-state index in [1.165, 1.54) is 16.8 Å². The van der Waals surface area contributed by atoms with E-state index in [1.54, 1.807) is 24.3 Å². The highest BCUT2D eigenvalue weighted by molar-refractivity contribution is 6.30. The number of nitrogens with zero attached hydrogens (tertiary/aromatic N) is 3. The van der Waals surface area contributed by atoms with Crippen LogP contribution in [0.2, 0.25) is 5.02 Å². The molecule has 2 saturated heterocycles. The predicted octanol–water partition coefficient (Wildman–Crippen LogP) is 1.16. The molecule has 2 heterocycles. The Balaban J connectivity index is 1.53. The first-order chi connectivity index (χ1) is 12.4. The number of hydrogen-bond acceptors (Lipinski definition) is 4. The minimum absolute atomic E-state index is 0.190. The quantitative estimate of drug-likeness (QED) is 0.778.